The first-order valence-corrected chi connectivity index (χ1v) is 15.0. The van der Waals surface area contributed by atoms with Crippen molar-refractivity contribution in [2.24, 2.45) is 13.0 Å². The third-order valence-electron chi connectivity index (χ3n) is 7.58. The molecule has 5 aromatic rings. The molecule has 40 heavy (non-hydrogen) atoms. The van der Waals surface area contributed by atoms with Gasteiger partial charge in [-0.1, -0.05) is 0 Å². The third-order valence-corrected chi connectivity index (χ3v) is 8.61. The zero-order chi connectivity index (χ0) is 28.2. The zero-order valence-corrected chi connectivity index (χ0v) is 23.8. The van der Waals surface area contributed by atoms with Crippen LogP contribution in [0, 0.1) is 12.8 Å². The van der Waals surface area contributed by atoms with Crippen LogP contribution in [0.25, 0.3) is 39.4 Å². The highest BCUT2D eigenvalue weighted by molar-refractivity contribution is 7.90. The minimum Gasteiger partial charge on any atom is -0.496 e. The molecule has 0 unspecified atom stereocenters. The molecule has 0 amide bonds. The Hall–Kier alpha value is -4.32. The summed E-state index contributed by atoms with van der Waals surface area (Å²) in [7, 11) is 0.493. The van der Waals surface area contributed by atoms with Crippen molar-refractivity contribution in [1.82, 2.24) is 34.3 Å². The van der Waals surface area contributed by atoms with Gasteiger partial charge in [0.1, 0.15) is 15.6 Å². The molecule has 0 N–H and O–H groups in total. The summed E-state index contributed by atoms with van der Waals surface area (Å²) in [6.07, 6.45) is 10.0. The van der Waals surface area contributed by atoms with Crippen LogP contribution in [-0.2, 0) is 16.9 Å². The number of fused-ring (bicyclic) bond motifs is 1. The van der Waals surface area contributed by atoms with Gasteiger partial charge in [0, 0.05) is 67.0 Å². The number of anilines is 1. The summed E-state index contributed by atoms with van der Waals surface area (Å²) in [5.41, 5.74) is 5.73. The summed E-state index contributed by atoms with van der Waals surface area (Å²) >= 11 is 0. The largest absolute Gasteiger partial charge is 0.496 e. The number of sulfone groups is 1. The Balaban J connectivity index is 1.49. The Morgan fingerprint density at radius 3 is 2.60 bits per heavy atom. The molecular formula is C28H30N8O3S. The van der Waals surface area contributed by atoms with E-state index in [9.17, 15) is 8.42 Å². The standard InChI is InChI=1S/C28H30N8O3S/c1-17-21-12-31-36(25(21)10-23(32-17)22-11-29-7-6-27(22)39-4)28-9-20(8-24(33-28)26-13-30-16-34(26)3)35-14-19(18(35)2)15-40(5,37)38/h6-13,16,18-19H,14-15H2,1-5H3/t18-,19-/m1/s1. The van der Waals surface area contributed by atoms with Gasteiger partial charge in [-0.25, -0.2) is 23.1 Å². The van der Waals surface area contributed by atoms with Gasteiger partial charge in [0.2, 0.25) is 0 Å². The van der Waals surface area contributed by atoms with Crippen LogP contribution in [0.1, 0.15) is 12.6 Å². The number of hydrogen-bond donors (Lipinski definition) is 0. The van der Waals surface area contributed by atoms with E-state index in [-0.39, 0.29) is 17.7 Å². The molecule has 0 radical (unpaired) electrons. The lowest BCUT2D eigenvalue weighted by atomic mass is 9.91. The molecular weight excluding hydrogens is 528 g/mol. The molecule has 6 heterocycles. The molecule has 2 atom stereocenters. The predicted molar refractivity (Wildman–Crippen MR) is 153 cm³/mol. The van der Waals surface area contributed by atoms with Gasteiger partial charge in [-0.3, -0.25) is 9.97 Å². The van der Waals surface area contributed by atoms with Gasteiger partial charge in [-0.05, 0) is 32.0 Å². The first kappa shape index (κ1) is 25.9. The molecule has 206 valence electrons. The summed E-state index contributed by atoms with van der Waals surface area (Å²) in [5, 5.41) is 5.63. The molecule has 5 aromatic heterocycles. The van der Waals surface area contributed by atoms with Crippen LogP contribution in [0.3, 0.4) is 0 Å². The number of aromatic nitrogens is 7. The van der Waals surface area contributed by atoms with Crippen molar-refractivity contribution in [1.29, 1.82) is 0 Å². The molecule has 1 aliphatic heterocycles. The van der Waals surface area contributed by atoms with E-state index in [1.165, 1.54) is 6.26 Å². The molecule has 11 nitrogen and oxygen atoms in total. The topological polar surface area (TPSA) is 121 Å². The number of aryl methyl sites for hydroxylation is 2. The second-order valence-corrected chi connectivity index (χ2v) is 12.5. The Morgan fingerprint density at radius 1 is 1.07 bits per heavy atom. The Morgan fingerprint density at radius 2 is 1.90 bits per heavy atom. The van der Waals surface area contributed by atoms with Crippen molar-refractivity contribution >= 4 is 26.4 Å². The van der Waals surface area contributed by atoms with E-state index in [4.69, 9.17) is 19.8 Å². The highest BCUT2D eigenvalue weighted by atomic mass is 32.2. The number of pyridine rings is 3. The molecule has 1 aliphatic rings. The van der Waals surface area contributed by atoms with Crippen molar-refractivity contribution < 1.29 is 13.2 Å². The summed E-state index contributed by atoms with van der Waals surface area (Å²) in [5.74, 6) is 1.56. The fraction of sp³-hybridized carbons (Fsp3) is 0.321. The Kier molecular flexibility index (Phi) is 6.29. The van der Waals surface area contributed by atoms with Crippen LogP contribution in [0.2, 0.25) is 0 Å². The lowest BCUT2D eigenvalue weighted by molar-refractivity contribution is 0.341. The minimum absolute atomic E-state index is 0.0646. The van der Waals surface area contributed by atoms with Crippen molar-refractivity contribution in [3.8, 4) is 34.2 Å². The number of nitrogens with zero attached hydrogens (tertiary/aromatic N) is 8. The second-order valence-electron chi connectivity index (χ2n) is 10.4. The highest BCUT2D eigenvalue weighted by Gasteiger charge is 2.38. The first-order valence-electron chi connectivity index (χ1n) is 12.9. The van der Waals surface area contributed by atoms with E-state index >= 15 is 0 Å². The quantitative estimate of drug-likeness (QED) is 0.296. The molecule has 6 rings (SSSR count). The van der Waals surface area contributed by atoms with Gasteiger partial charge in [-0.15, -0.1) is 0 Å². The first-order chi connectivity index (χ1) is 19.1. The van der Waals surface area contributed by atoms with Crippen LogP contribution in [0.4, 0.5) is 5.69 Å². The van der Waals surface area contributed by atoms with Crippen LogP contribution < -0.4 is 9.64 Å². The lowest BCUT2D eigenvalue weighted by Crippen LogP contribution is -2.57. The van der Waals surface area contributed by atoms with Crippen LogP contribution in [0.5, 0.6) is 5.75 Å². The van der Waals surface area contributed by atoms with Gasteiger partial charge in [-0.2, -0.15) is 5.10 Å². The third kappa shape index (κ3) is 4.57. The maximum absolute atomic E-state index is 11.9. The molecule has 1 fully saturated rings. The zero-order valence-electron chi connectivity index (χ0n) is 23.0. The van der Waals surface area contributed by atoms with Crippen molar-refractivity contribution in [2.45, 2.75) is 19.9 Å². The van der Waals surface area contributed by atoms with Crippen molar-refractivity contribution in [3.05, 3.63) is 61.1 Å². The van der Waals surface area contributed by atoms with Gasteiger partial charge in [0.05, 0.1) is 59.7 Å². The predicted octanol–water partition coefficient (Wildman–Crippen LogP) is 3.46. The Bertz CT molecular complexity index is 1850. The fourth-order valence-corrected chi connectivity index (χ4v) is 6.53. The van der Waals surface area contributed by atoms with Crippen LogP contribution in [0.15, 0.2) is 55.4 Å². The highest BCUT2D eigenvalue weighted by Crippen LogP contribution is 2.36. The van der Waals surface area contributed by atoms with E-state index in [1.807, 2.05) is 47.5 Å². The number of imidazole rings is 1. The lowest BCUT2D eigenvalue weighted by Gasteiger charge is -2.48. The van der Waals surface area contributed by atoms with E-state index in [1.54, 1.807) is 38.2 Å². The number of rotatable bonds is 7. The number of ether oxygens (including phenoxy) is 1. The molecule has 0 aromatic carbocycles. The van der Waals surface area contributed by atoms with E-state index < -0.39 is 9.84 Å². The number of methoxy groups -OCH3 is 1. The fourth-order valence-electron chi connectivity index (χ4n) is 5.37. The molecule has 12 heteroatoms. The van der Waals surface area contributed by atoms with E-state index in [0.29, 0.717) is 18.1 Å². The van der Waals surface area contributed by atoms with Gasteiger partial charge < -0.3 is 14.2 Å². The molecule has 0 saturated carbocycles. The molecule has 0 spiro atoms. The maximum atomic E-state index is 11.9. The van der Waals surface area contributed by atoms with Gasteiger partial charge in [0.25, 0.3) is 0 Å². The average Bonchev–Trinajstić information content (AvgIpc) is 3.56. The summed E-state index contributed by atoms with van der Waals surface area (Å²) in [6.45, 7) is 4.67. The smallest absolute Gasteiger partial charge is 0.156 e. The van der Waals surface area contributed by atoms with Crippen LogP contribution >= 0.6 is 0 Å². The van der Waals surface area contributed by atoms with E-state index in [0.717, 1.165) is 44.9 Å². The van der Waals surface area contributed by atoms with Crippen molar-refractivity contribution in [2.75, 3.05) is 30.6 Å². The monoisotopic (exact) mass is 558 g/mol. The SMILES string of the molecule is COc1ccncc1-c1cc2c(cnn2-c2cc(N3C[C@H](CS(C)(=O)=O)[C@H]3C)cc(-c3cncn3C)n2)c(C)n1. The minimum atomic E-state index is -3.06. The van der Waals surface area contributed by atoms with Gasteiger partial charge in [0.15, 0.2) is 5.82 Å². The second kappa shape index (κ2) is 9.70. The normalized spacial score (nSPS) is 17.3. The molecule has 0 aliphatic carbocycles. The van der Waals surface area contributed by atoms with E-state index in [2.05, 4.69) is 21.8 Å². The molecule has 0 bridgehead atoms. The van der Waals surface area contributed by atoms with Crippen LogP contribution in [-0.4, -0.2) is 74.4 Å². The number of hydrogen-bond acceptors (Lipinski definition) is 9. The average molecular weight is 559 g/mol. The summed E-state index contributed by atoms with van der Waals surface area (Å²) in [6, 6.07) is 7.87. The maximum Gasteiger partial charge on any atom is 0.156 e. The van der Waals surface area contributed by atoms with Crippen molar-refractivity contribution in [3.63, 3.8) is 0 Å². The summed E-state index contributed by atoms with van der Waals surface area (Å²) in [4.78, 5) is 20.6. The molecule has 1 saturated heterocycles. The Labute approximate surface area is 232 Å². The summed E-state index contributed by atoms with van der Waals surface area (Å²) < 4.78 is 33.2. The van der Waals surface area contributed by atoms with Gasteiger partial charge >= 0.3 is 0 Å².